The van der Waals surface area contributed by atoms with E-state index >= 15 is 0 Å². The van der Waals surface area contributed by atoms with Gasteiger partial charge in [0.25, 0.3) is 0 Å². The van der Waals surface area contributed by atoms with Crippen molar-refractivity contribution in [1.29, 1.82) is 0 Å². The SMILES string of the molecule is Cl.Cl.O=C(Nc1cccc2ncccc12)[C@H]1CNC[C@@H]1c1ccccc1. The molecule has 0 unspecified atom stereocenters. The van der Waals surface area contributed by atoms with Crippen LogP contribution in [0.2, 0.25) is 0 Å². The molecule has 4 rings (SSSR count). The molecule has 1 amide bonds. The van der Waals surface area contributed by atoms with Crippen LogP contribution in [0.3, 0.4) is 0 Å². The lowest BCUT2D eigenvalue weighted by Crippen LogP contribution is -2.28. The van der Waals surface area contributed by atoms with Gasteiger partial charge in [-0.15, -0.1) is 24.8 Å². The van der Waals surface area contributed by atoms with Gasteiger partial charge in [0, 0.05) is 30.6 Å². The molecule has 1 aliphatic rings. The molecular weight excluding hydrogens is 369 g/mol. The van der Waals surface area contributed by atoms with Crippen LogP contribution in [-0.2, 0) is 4.79 Å². The number of rotatable bonds is 3. The van der Waals surface area contributed by atoms with Crippen LogP contribution >= 0.6 is 24.8 Å². The van der Waals surface area contributed by atoms with Crippen molar-refractivity contribution in [3.63, 3.8) is 0 Å². The number of fused-ring (bicyclic) bond motifs is 1. The number of hydrogen-bond donors (Lipinski definition) is 2. The fraction of sp³-hybridized carbons (Fsp3) is 0.200. The number of halogens is 2. The minimum absolute atomic E-state index is 0. The molecule has 2 aromatic carbocycles. The number of benzene rings is 2. The Morgan fingerprint density at radius 1 is 0.962 bits per heavy atom. The first-order chi connectivity index (χ1) is 11.8. The van der Waals surface area contributed by atoms with E-state index in [1.54, 1.807) is 6.20 Å². The summed E-state index contributed by atoms with van der Waals surface area (Å²) < 4.78 is 0. The van der Waals surface area contributed by atoms with E-state index < -0.39 is 0 Å². The van der Waals surface area contributed by atoms with Crippen LogP contribution in [-0.4, -0.2) is 24.0 Å². The monoisotopic (exact) mass is 389 g/mol. The van der Waals surface area contributed by atoms with E-state index in [9.17, 15) is 4.79 Å². The molecule has 1 aromatic heterocycles. The molecule has 1 fully saturated rings. The fourth-order valence-corrected chi connectivity index (χ4v) is 3.44. The zero-order valence-electron chi connectivity index (χ0n) is 14.1. The summed E-state index contributed by atoms with van der Waals surface area (Å²) in [5.41, 5.74) is 2.92. The summed E-state index contributed by atoms with van der Waals surface area (Å²) in [6.07, 6.45) is 1.76. The number of hydrogen-bond acceptors (Lipinski definition) is 3. The van der Waals surface area contributed by atoms with E-state index in [-0.39, 0.29) is 42.6 Å². The third kappa shape index (κ3) is 3.98. The highest BCUT2D eigenvalue weighted by Crippen LogP contribution is 2.30. The van der Waals surface area contributed by atoms with Crippen molar-refractivity contribution in [3.05, 3.63) is 72.4 Å². The third-order valence-electron chi connectivity index (χ3n) is 4.68. The van der Waals surface area contributed by atoms with E-state index in [0.717, 1.165) is 23.1 Å². The minimum atomic E-state index is -0.0701. The van der Waals surface area contributed by atoms with Gasteiger partial charge in [0.2, 0.25) is 5.91 Å². The maximum Gasteiger partial charge on any atom is 0.229 e. The van der Waals surface area contributed by atoms with E-state index in [4.69, 9.17) is 0 Å². The molecule has 2 N–H and O–H groups in total. The van der Waals surface area contributed by atoms with Gasteiger partial charge in [0.1, 0.15) is 0 Å². The predicted molar refractivity (Wildman–Crippen MR) is 110 cm³/mol. The van der Waals surface area contributed by atoms with Gasteiger partial charge in [-0.1, -0.05) is 36.4 Å². The van der Waals surface area contributed by atoms with E-state index in [0.29, 0.717) is 6.54 Å². The van der Waals surface area contributed by atoms with Crippen LogP contribution in [0.15, 0.2) is 66.9 Å². The molecule has 2 heterocycles. The quantitative estimate of drug-likeness (QED) is 0.710. The molecule has 136 valence electrons. The summed E-state index contributed by atoms with van der Waals surface area (Å²) in [6.45, 7) is 1.54. The molecule has 4 nitrogen and oxygen atoms in total. The van der Waals surface area contributed by atoms with Gasteiger partial charge in [-0.05, 0) is 29.8 Å². The first-order valence-electron chi connectivity index (χ1n) is 8.23. The number of carbonyl (C=O) groups excluding carboxylic acids is 1. The van der Waals surface area contributed by atoms with Crippen molar-refractivity contribution in [2.45, 2.75) is 5.92 Å². The first kappa shape index (κ1) is 20.2. The zero-order chi connectivity index (χ0) is 16.4. The van der Waals surface area contributed by atoms with Crippen molar-refractivity contribution in [3.8, 4) is 0 Å². The highest BCUT2D eigenvalue weighted by molar-refractivity contribution is 6.02. The van der Waals surface area contributed by atoms with Crippen LogP contribution in [0.4, 0.5) is 5.69 Å². The molecule has 0 spiro atoms. The molecule has 1 aliphatic heterocycles. The molecule has 1 saturated heterocycles. The van der Waals surface area contributed by atoms with E-state index in [1.165, 1.54) is 5.56 Å². The predicted octanol–water partition coefficient (Wildman–Crippen LogP) is 4.02. The molecule has 6 heteroatoms. The minimum Gasteiger partial charge on any atom is -0.325 e. The maximum absolute atomic E-state index is 12.9. The highest BCUT2D eigenvalue weighted by atomic mass is 35.5. The fourth-order valence-electron chi connectivity index (χ4n) is 3.44. The molecule has 0 aliphatic carbocycles. The number of aromatic nitrogens is 1. The van der Waals surface area contributed by atoms with Crippen molar-refractivity contribution < 1.29 is 4.79 Å². The Morgan fingerprint density at radius 3 is 2.58 bits per heavy atom. The Balaban J connectivity index is 0.00000121. The van der Waals surface area contributed by atoms with Crippen LogP contribution in [0.5, 0.6) is 0 Å². The van der Waals surface area contributed by atoms with Crippen molar-refractivity contribution in [2.75, 3.05) is 18.4 Å². The van der Waals surface area contributed by atoms with Crippen LogP contribution in [0.1, 0.15) is 11.5 Å². The van der Waals surface area contributed by atoms with Crippen molar-refractivity contribution in [2.24, 2.45) is 5.92 Å². The average molecular weight is 390 g/mol. The molecule has 3 aromatic rings. The highest BCUT2D eigenvalue weighted by Gasteiger charge is 2.34. The lowest BCUT2D eigenvalue weighted by molar-refractivity contribution is -0.119. The largest absolute Gasteiger partial charge is 0.325 e. The number of pyridine rings is 1. The summed E-state index contributed by atoms with van der Waals surface area (Å²) in [4.78, 5) is 17.2. The Labute approximate surface area is 165 Å². The Morgan fingerprint density at radius 2 is 1.77 bits per heavy atom. The standard InChI is InChI=1S/C20H19N3O.2ClH/c24-20(17-13-21-12-16(17)14-6-2-1-3-7-14)23-19-10-4-9-18-15(19)8-5-11-22-18;;/h1-11,16-17,21H,12-13H2,(H,23,24);2*1H/t16-,17+;;/m1../s1. The average Bonchev–Trinajstić information content (AvgIpc) is 3.13. The Kier molecular flexibility index (Phi) is 6.98. The second-order valence-corrected chi connectivity index (χ2v) is 6.15. The second kappa shape index (κ2) is 8.99. The lowest BCUT2D eigenvalue weighted by Gasteiger charge is -2.19. The van der Waals surface area contributed by atoms with Gasteiger partial charge < -0.3 is 10.6 Å². The molecule has 26 heavy (non-hydrogen) atoms. The maximum atomic E-state index is 12.9. The third-order valence-corrected chi connectivity index (χ3v) is 4.68. The molecule has 0 saturated carbocycles. The molecule has 0 radical (unpaired) electrons. The van der Waals surface area contributed by atoms with Crippen molar-refractivity contribution >= 4 is 47.3 Å². The van der Waals surface area contributed by atoms with Gasteiger partial charge in [0.15, 0.2) is 0 Å². The summed E-state index contributed by atoms with van der Waals surface area (Å²) in [5, 5.41) is 7.43. The van der Waals surface area contributed by atoms with Crippen LogP contribution in [0.25, 0.3) is 10.9 Å². The number of nitrogens with one attached hydrogen (secondary N) is 2. The number of anilines is 1. The normalized spacial score (nSPS) is 18.6. The van der Waals surface area contributed by atoms with Crippen molar-refractivity contribution in [1.82, 2.24) is 10.3 Å². The van der Waals surface area contributed by atoms with E-state index in [2.05, 4.69) is 27.8 Å². The number of carbonyl (C=O) groups is 1. The van der Waals surface area contributed by atoms with Gasteiger partial charge in [-0.2, -0.15) is 0 Å². The van der Waals surface area contributed by atoms with Gasteiger partial charge in [-0.3, -0.25) is 9.78 Å². The molecular formula is C20H21Cl2N3O. The van der Waals surface area contributed by atoms with Gasteiger partial charge in [0.05, 0.1) is 17.1 Å². The summed E-state index contributed by atoms with van der Waals surface area (Å²) >= 11 is 0. The van der Waals surface area contributed by atoms with Gasteiger partial charge in [-0.25, -0.2) is 0 Å². The smallest absolute Gasteiger partial charge is 0.229 e. The summed E-state index contributed by atoms with van der Waals surface area (Å²) in [7, 11) is 0. The number of amides is 1. The second-order valence-electron chi connectivity index (χ2n) is 6.15. The summed E-state index contributed by atoms with van der Waals surface area (Å²) in [6, 6.07) is 19.9. The molecule has 2 atom stereocenters. The lowest BCUT2D eigenvalue weighted by atomic mass is 9.88. The van der Waals surface area contributed by atoms with Gasteiger partial charge >= 0.3 is 0 Å². The van der Waals surface area contributed by atoms with Crippen LogP contribution < -0.4 is 10.6 Å². The zero-order valence-corrected chi connectivity index (χ0v) is 15.7. The topological polar surface area (TPSA) is 54.0 Å². The Bertz CT molecular complexity index is 868. The van der Waals surface area contributed by atoms with Crippen LogP contribution in [0, 0.1) is 5.92 Å². The van der Waals surface area contributed by atoms with E-state index in [1.807, 2.05) is 48.5 Å². The summed E-state index contributed by atoms with van der Waals surface area (Å²) in [5.74, 6) is 0.198. The Hall–Kier alpha value is -2.14. The molecule has 0 bridgehead atoms. The first-order valence-corrected chi connectivity index (χ1v) is 8.23. The number of nitrogens with zero attached hydrogens (tertiary/aromatic N) is 1.